The van der Waals surface area contributed by atoms with Crippen LogP contribution in [0.2, 0.25) is 0 Å². The van der Waals surface area contributed by atoms with Crippen molar-refractivity contribution in [2.24, 2.45) is 0 Å². The van der Waals surface area contributed by atoms with Crippen molar-refractivity contribution in [2.45, 2.75) is 52.2 Å². The third kappa shape index (κ3) is 5.98. The first-order valence-electron chi connectivity index (χ1n) is 8.44. The molecule has 0 aliphatic carbocycles. The second-order valence-electron chi connectivity index (χ2n) is 7.12. The van der Waals surface area contributed by atoms with E-state index in [9.17, 15) is 14.0 Å². The summed E-state index contributed by atoms with van der Waals surface area (Å²) in [4.78, 5) is 26.6. The summed E-state index contributed by atoms with van der Waals surface area (Å²) < 4.78 is 28.9. The first kappa shape index (κ1) is 21.9. The minimum Gasteiger partial charge on any atom is -0.464 e. The van der Waals surface area contributed by atoms with Gasteiger partial charge in [-0.1, -0.05) is 12.1 Å². The number of benzene rings is 1. The quantitative estimate of drug-likeness (QED) is 0.543. The number of esters is 1. The zero-order valence-corrected chi connectivity index (χ0v) is 16.3. The van der Waals surface area contributed by atoms with Gasteiger partial charge in [-0.05, 0) is 52.3 Å². The maximum atomic E-state index is 13.2. The van der Waals surface area contributed by atoms with Gasteiger partial charge in [-0.15, -0.1) is 0 Å². The fourth-order valence-corrected chi connectivity index (χ4v) is 2.41. The largest absolute Gasteiger partial charge is 0.464 e. The molecule has 0 unspecified atom stereocenters. The molecule has 0 bridgehead atoms. The Balaban J connectivity index is 3.26. The Bertz CT molecular complexity index is 611. The highest BCUT2D eigenvalue weighted by Gasteiger charge is 2.45. The zero-order valence-electron chi connectivity index (χ0n) is 16.3. The van der Waals surface area contributed by atoms with Crippen LogP contribution < -0.4 is 0 Å². The minimum absolute atomic E-state index is 0.120. The second-order valence-corrected chi connectivity index (χ2v) is 7.12. The number of hydrogen-bond acceptors (Lipinski definition) is 5. The van der Waals surface area contributed by atoms with E-state index in [-0.39, 0.29) is 25.6 Å². The summed E-state index contributed by atoms with van der Waals surface area (Å²) in [5.74, 6) is -0.972. The molecule has 0 fully saturated rings. The standard InChI is InChI=1S/C19H28FNO5/c1-7-25-16(22)19(5,12-14-8-10-15(20)11-9-14)21(13-24-6)17(23)26-18(2,3)4/h8-11H,7,12-13H2,1-6H3/t19-/m0/s1. The summed E-state index contributed by atoms with van der Waals surface area (Å²) in [5, 5.41) is 0. The van der Waals surface area contributed by atoms with E-state index in [0.29, 0.717) is 5.56 Å². The summed E-state index contributed by atoms with van der Waals surface area (Å²) in [7, 11) is 1.42. The highest BCUT2D eigenvalue weighted by atomic mass is 19.1. The van der Waals surface area contributed by atoms with Crippen molar-refractivity contribution in [3.05, 3.63) is 35.6 Å². The number of nitrogens with zero attached hydrogens (tertiary/aromatic N) is 1. The molecule has 26 heavy (non-hydrogen) atoms. The van der Waals surface area contributed by atoms with Crippen LogP contribution in [0.3, 0.4) is 0 Å². The number of rotatable bonds is 7. The van der Waals surface area contributed by atoms with Gasteiger partial charge in [0.25, 0.3) is 0 Å². The van der Waals surface area contributed by atoms with Crippen LogP contribution in [-0.2, 0) is 25.4 Å². The summed E-state index contributed by atoms with van der Waals surface area (Å²) in [6, 6.07) is 5.73. The monoisotopic (exact) mass is 369 g/mol. The van der Waals surface area contributed by atoms with Gasteiger partial charge in [-0.25, -0.2) is 14.0 Å². The van der Waals surface area contributed by atoms with E-state index in [4.69, 9.17) is 14.2 Å². The van der Waals surface area contributed by atoms with Gasteiger partial charge in [0, 0.05) is 13.5 Å². The average molecular weight is 369 g/mol. The topological polar surface area (TPSA) is 65.1 Å². The smallest absolute Gasteiger partial charge is 0.413 e. The molecular weight excluding hydrogens is 341 g/mol. The summed E-state index contributed by atoms with van der Waals surface area (Å²) >= 11 is 0. The zero-order chi connectivity index (χ0) is 20.0. The molecule has 0 heterocycles. The third-order valence-electron chi connectivity index (χ3n) is 3.64. The molecular formula is C19H28FNO5. The average Bonchev–Trinajstić information content (AvgIpc) is 2.53. The lowest BCUT2D eigenvalue weighted by Gasteiger charge is -2.39. The Morgan fingerprint density at radius 1 is 1.12 bits per heavy atom. The number of hydrogen-bond donors (Lipinski definition) is 0. The predicted octanol–water partition coefficient (Wildman–Crippen LogP) is 3.53. The fraction of sp³-hybridized carbons (Fsp3) is 0.579. The molecule has 6 nitrogen and oxygen atoms in total. The molecule has 0 aromatic heterocycles. The molecule has 1 atom stereocenters. The Morgan fingerprint density at radius 2 is 1.69 bits per heavy atom. The lowest BCUT2D eigenvalue weighted by atomic mass is 9.91. The molecule has 0 saturated heterocycles. The number of carbonyl (C=O) groups is 2. The van der Waals surface area contributed by atoms with E-state index in [2.05, 4.69) is 0 Å². The Morgan fingerprint density at radius 3 is 2.15 bits per heavy atom. The Labute approximate surface area is 154 Å². The molecule has 0 aliphatic rings. The van der Waals surface area contributed by atoms with Crippen molar-refractivity contribution in [3.8, 4) is 0 Å². The molecule has 0 radical (unpaired) electrons. The van der Waals surface area contributed by atoms with Gasteiger partial charge in [0.15, 0.2) is 0 Å². The maximum Gasteiger partial charge on any atom is 0.413 e. The molecule has 0 saturated carbocycles. The van der Waals surface area contributed by atoms with E-state index in [1.54, 1.807) is 46.8 Å². The van der Waals surface area contributed by atoms with Crippen molar-refractivity contribution in [3.63, 3.8) is 0 Å². The summed E-state index contributed by atoms with van der Waals surface area (Å²) in [6.45, 7) is 8.47. The summed E-state index contributed by atoms with van der Waals surface area (Å²) in [6.07, 6.45) is -0.577. The third-order valence-corrected chi connectivity index (χ3v) is 3.64. The Hall–Kier alpha value is -2.15. The Kier molecular flexibility index (Phi) is 7.56. The van der Waals surface area contributed by atoms with Crippen molar-refractivity contribution in [2.75, 3.05) is 20.4 Å². The molecule has 0 spiro atoms. The molecule has 1 rings (SSSR count). The van der Waals surface area contributed by atoms with Crippen LogP contribution in [0.5, 0.6) is 0 Å². The lowest BCUT2D eigenvalue weighted by Crippen LogP contribution is -2.58. The molecule has 1 aromatic carbocycles. The van der Waals surface area contributed by atoms with E-state index in [0.717, 1.165) is 0 Å². The first-order valence-corrected chi connectivity index (χ1v) is 8.44. The van der Waals surface area contributed by atoms with Crippen molar-refractivity contribution >= 4 is 12.1 Å². The predicted molar refractivity (Wildman–Crippen MR) is 95.1 cm³/mol. The fourth-order valence-electron chi connectivity index (χ4n) is 2.41. The van der Waals surface area contributed by atoms with Gasteiger partial charge in [0.2, 0.25) is 0 Å². The first-order chi connectivity index (χ1) is 12.0. The van der Waals surface area contributed by atoms with E-state index in [1.165, 1.54) is 24.1 Å². The van der Waals surface area contributed by atoms with Crippen LogP contribution in [0.4, 0.5) is 9.18 Å². The highest BCUT2D eigenvalue weighted by molar-refractivity contribution is 5.86. The van der Waals surface area contributed by atoms with Gasteiger partial charge >= 0.3 is 12.1 Å². The number of carbonyl (C=O) groups excluding carboxylic acids is 2. The van der Waals surface area contributed by atoms with Crippen LogP contribution in [0.15, 0.2) is 24.3 Å². The molecule has 0 N–H and O–H groups in total. The second kappa shape index (κ2) is 8.98. The van der Waals surface area contributed by atoms with Gasteiger partial charge < -0.3 is 14.2 Å². The van der Waals surface area contributed by atoms with E-state index >= 15 is 0 Å². The van der Waals surface area contributed by atoms with Crippen LogP contribution in [0, 0.1) is 5.82 Å². The van der Waals surface area contributed by atoms with Crippen LogP contribution in [0.25, 0.3) is 0 Å². The SMILES string of the molecule is CCOC(=O)[C@](C)(Cc1ccc(F)cc1)N(COC)C(=O)OC(C)(C)C. The maximum absolute atomic E-state index is 13.2. The van der Waals surface area contributed by atoms with Crippen LogP contribution in [-0.4, -0.2) is 48.5 Å². The van der Waals surface area contributed by atoms with Crippen LogP contribution >= 0.6 is 0 Å². The van der Waals surface area contributed by atoms with Gasteiger partial charge in [0.05, 0.1) is 6.61 Å². The van der Waals surface area contributed by atoms with Gasteiger partial charge in [-0.2, -0.15) is 0 Å². The molecule has 146 valence electrons. The van der Waals surface area contributed by atoms with E-state index < -0.39 is 23.2 Å². The van der Waals surface area contributed by atoms with Crippen molar-refractivity contribution in [1.82, 2.24) is 4.90 Å². The normalized spacial score (nSPS) is 13.7. The lowest BCUT2D eigenvalue weighted by molar-refractivity contribution is -0.159. The van der Waals surface area contributed by atoms with Crippen LogP contribution in [0.1, 0.15) is 40.2 Å². The molecule has 7 heteroatoms. The van der Waals surface area contributed by atoms with Crippen molar-refractivity contribution in [1.29, 1.82) is 0 Å². The molecule has 1 aromatic rings. The minimum atomic E-state index is -1.38. The van der Waals surface area contributed by atoms with E-state index in [1.807, 2.05) is 0 Å². The number of amides is 1. The van der Waals surface area contributed by atoms with Gasteiger partial charge in [0.1, 0.15) is 23.7 Å². The van der Waals surface area contributed by atoms with Gasteiger partial charge in [-0.3, -0.25) is 4.90 Å². The number of ether oxygens (including phenoxy) is 3. The number of methoxy groups -OCH3 is 1. The molecule has 0 aliphatic heterocycles. The number of halogens is 1. The molecule has 1 amide bonds. The van der Waals surface area contributed by atoms with Crippen molar-refractivity contribution < 1.29 is 28.2 Å². The summed E-state index contributed by atoms with van der Waals surface area (Å²) in [5.41, 5.74) is -1.45. The highest BCUT2D eigenvalue weighted by Crippen LogP contribution is 2.26.